The van der Waals surface area contributed by atoms with Crippen molar-refractivity contribution < 1.29 is 4.79 Å². The minimum absolute atomic E-state index is 0.00878. The molecule has 1 radical (unpaired) electrons. The van der Waals surface area contributed by atoms with Gasteiger partial charge in [0.1, 0.15) is 0 Å². The maximum atomic E-state index is 11.1. The van der Waals surface area contributed by atoms with Gasteiger partial charge in [-0.25, -0.2) is 0 Å². The lowest BCUT2D eigenvalue weighted by Gasteiger charge is -2.31. The van der Waals surface area contributed by atoms with Gasteiger partial charge in [0.15, 0.2) is 0 Å². The van der Waals surface area contributed by atoms with E-state index in [-0.39, 0.29) is 11.3 Å². The highest BCUT2D eigenvalue weighted by Gasteiger charge is 2.30. The number of carbonyl (C=O) groups excluding carboxylic acids is 1. The van der Waals surface area contributed by atoms with Crippen molar-refractivity contribution in [2.75, 3.05) is 0 Å². The molecule has 97 valence electrons. The van der Waals surface area contributed by atoms with Crippen molar-refractivity contribution in [1.29, 1.82) is 0 Å². The van der Waals surface area contributed by atoms with Gasteiger partial charge < -0.3 is 0 Å². The van der Waals surface area contributed by atoms with E-state index in [1.165, 1.54) is 5.57 Å². The van der Waals surface area contributed by atoms with E-state index < -0.39 is 0 Å². The standard InChI is InChI=1S/C16H27O/c1-6-8-11-15(13-17)16(5,7-2)12-9-10-14(3)4/h7,10,15H,2,6,8-9,11-12H2,1,3-5H3. The zero-order valence-corrected chi connectivity index (χ0v) is 11.9. The Hall–Kier alpha value is -0.850. The van der Waals surface area contributed by atoms with Crippen LogP contribution in [0.2, 0.25) is 0 Å². The fourth-order valence-corrected chi connectivity index (χ4v) is 2.02. The molecule has 0 aliphatic carbocycles. The first-order chi connectivity index (χ1) is 8.00. The largest absolute Gasteiger partial charge is 0.291 e. The third kappa shape index (κ3) is 5.86. The van der Waals surface area contributed by atoms with Crippen LogP contribution in [-0.4, -0.2) is 6.29 Å². The second-order valence-electron chi connectivity index (χ2n) is 5.34. The molecule has 0 bridgehead atoms. The first kappa shape index (κ1) is 16.1. The monoisotopic (exact) mass is 235 g/mol. The Balaban J connectivity index is 4.54. The lowest BCUT2D eigenvalue weighted by atomic mass is 9.72. The van der Waals surface area contributed by atoms with Crippen LogP contribution in [0.5, 0.6) is 0 Å². The number of unbranched alkanes of at least 4 members (excludes halogenated alkanes) is 1. The van der Waals surface area contributed by atoms with Gasteiger partial charge >= 0.3 is 0 Å². The highest BCUT2D eigenvalue weighted by atomic mass is 16.1. The molecule has 0 aliphatic rings. The Bertz CT molecular complexity index is 261. The average molecular weight is 235 g/mol. The van der Waals surface area contributed by atoms with Crippen LogP contribution >= 0.6 is 0 Å². The van der Waals surface area contributed by atoms with Crippen molar-refractivity contribution in [3.8, 4) is 0 Å². The van der Waals surface area contributed by atoms with Gasteiger partial charge in [-0.2, -0.15) is 0 Å². The fourth-order valence-electron chi connectivity index (χ4n) is 2.02. The summed E-state index contributed by atoms with van der Waals surface area (Å²) in [6, 6.07) is 0. The molecule has 1 nitrogen and oxygen atoms in total. The molecule has 17 heavy (non-hydrogen) atoms. The molecule has 0 rings (SSSR count). The van der Waals surface area contributed by atoms with Crippen molar-refractivity contribution in [3.05, 3.63) is 24.3 Å². The molecule has 0 amide bonds. The summed E-state index contributed by atoms with van der Waals surface area (Å²) < 4.78 is 0. The van der Waals surface area contributed by atoms with Crippen molar-refractivity contribution >= 4 is 6.29 Å². The summed E-state index contributed by atoms with van der Waals surface area (Å²) in [5.74, 6) is -0.00878. The molecule has 0 saturated heterocycles. The third-order valence-electron chi connectivity index (χ3n) is 3.49. The van der Waals surface area contributed by atoms with Crippen LogP contribution in [0.3, 0.4) is 0 Å². The maximum absolute atomic E-state index is 11.1. The van der Waals surface area contributed by atoms with Crippen molar-refractivity contribution in [2.24, 2.45) is 11.3 Å². The van der Waals surface area contributed by atoms with Gasteiger partial charge in [0.2, 0.25) is 6.29 Å². The van der Waals surface area contributed by atoms with Crippen molar-refractivity contribution in [2.45, 2.75) is 59.8 Å². The lowest BCUT2D eigenvalue weighted by Crippen LogP contribution is -2.26. The molecular weight excluding hydrogens is 208 g/mol. The molecule has 0 aromatic heterocycles. The topological polar surface area (TPSA) is 17.1 Å². The highest BCUT2D eigenvalue weighted by Crippen LogP contribution is 2.36. The summed E-state index contributed by atoms with van der Waals surface area (Å²) in [6.07, 6.45) is 11.5. The quantitative estimate of drug-likeness (QED) is 0.522. The Labute approximate surface area is 107 Å². The first-order valence-corrected chi connectivity index (χ1v) is 6.64. The SMILES string of the molecule is C=CC(C)(CCC=C(C)C)C([C]=O)CCCC. The number of hydrogen-bond acceptors (Lipinski definition) is 1. The van der Waals surface area contributed by atoms with E-state index in [1.807, 2.05) is 6.08 Å². The van der Waals surface area contributed by atoms with E-state index >= 15 is 0 Å². The molecule has 1 heteroatoms. The van der Waals surface area contributed by atoms with Crippen LogP contribution in [0.4, 0.5) is 0 Å². The van der Waals surface area contributed by atoms with Crippen molar-refractivity contribution in [3.63, 3.8) is 0 Å². The molecule has 0 heterocycles. The van der Waals surface area contributed by atoms with Gasteiger partial charge in [0, 0.05) is 5.92 Å². The minimum Gasteiger partial charge on any atom is -0.291 e. The fraction of sp³-hybridized carbons (Fsp3) is 0.688. The van der Waals surface area contributed by atoms with Gasteiger partial charge in [-0.05, 0) is 38.5 Å². The summed E-state index contributed by atoms with van der Waals surface area (Å²) in [4.78, 5) is 11.1. The number of hydrogen-bond donors (Lipinski definition) is 0. The van der Waals surface area contributed by atoms with E-state index in [0.29, 0.717) is 0 Å². The van der Waals surface area contributed by atoms with E-state index in [0.717, 1.165) is 32.1 Å². The summed E-state index contributed by atoms with van der Waals surface area (Å²) >= 11 is 0. The molecule has 0 aromatic carbocycles. The predicted octanol–water partition coefficient (Wildman–Crippen LogP) is 4.84. The van der Waals surface area contributed by atoms with E-state index in [2.05, 4.69) is 46.6 Å². The Morgan fingerprint density at radius 3 is 2.53 bits per heavy atom. The number of rotatable bonds is 9. The van der Waals surface area contributed by atoms with Crippen molar-refractivity contribution in [1.82, 2.24) is 0 Å². The molecule has 2 unspecified atom stereocenters. The third-order valence-corrected chi connectivity index (χ3v) is 3.49. The lowest BCUT2D eigenvalue weighted by molar-refractivity contribution is 0.277. The smallest absolute Gasteiger partial charge is 0.202 e. The summed E-state index contributed by atoms with van der Waals surface area (Å²) in [5, 5.41) is 0. The average Bonchev–Trinajstić information content (AvgIpc) is 2.29. The summed E-state index contributed by atoms with van der Waals surface area (Å²) in [6.45, 7) is 12.4. The molecule has 0 saturated carbocycles. The van der Waals surface area contributed by atoms with E-state index in [1.54, 1.807) is 0 Å². The highest BCUT2D eigenvalue weighted by molar-refractivity contribution is 5.56. The second kappa shape index (κ2) is 8.27. The molecule has 0 N–H and O–H groups in total. The van der Waals surface area contributed by atoms with Crippen LogP contribution in [0.15, 0.2) is 24.3 Å². The molecular formula is C16H27O. The van der Waals surface area contributed by atoms with Gasteiger partial charge in [-0.1, -0.05) is 44.4 Å². The Morgan fingerprint density at radius 2 is 2.12 bits per heavy atom. The molecule has 2 atom stereocenters. The first-order valence-electron chi connectivity index (χ1n) is 6.64. The second-order valence-corrected chi connectivity index (χ2v) is 5.34. The predicted molar refractivity (Wildman–Crippen MR) is 75.7 cm³/mol. The van der Waals surface area contributed by atoms with Crippen LogP contribution < -0.4 is 0 Å². The molecule has 0 aromatic rings. The Morgan fingerprint density at radius 1 is 1.47 bits per heavy atom. The van der Waals surface area contributed by atoms with Crippen LogP contribution in [0.1, 0.15) is 59.8 Å². The van der Waals surface area contributed by atoms with Crippen LogP contribution in [0, 0.1) is 11.3 Å². The Kier molecular flexibility index (Phi) is 7.86. The van der Waals surface area contributed by atoms with Gasteiger partial charge in [0.25, 0.3) is 0 Å². The zero-order valence-electron chi connectivity index (χ0n) is 11.9. The van der Waals surface area contributed by atoms with Gasteiger partial charge in [-0.15, -0.1) is 6.58 Å². The molecule has 0 spiro atoms. The normalized spacial score (nSPS) is 15.8. The van der Waals surface area contributed by atoms with Gasteiger partial charge in [-0.3, -0.25) is 4.79 Å². The molecule has 0 fully saturated rings. The number of allylic oxidation sites excluding steroid dienone is 3. The summed E-state index contributed by atoms with van der Waals surface area (Å²) in [7, 11) is 0. The van der Waals surface area contributed by atoms with E-state index in [4.69, 9.17) is 0 Å². The molecule has 0 aliphatic heterocycles. The van der Waals surface area contributed by atoms with Gasteiger partial charge in [0.05, 0.1) is 0 Å². The van der Waals surface area contributed by atoms with Crippen LogP contribution in [0.25, 0.3) is 0 Å². The van der Waals surface area contributed by atoms with Crippen LogP contribution in [-0.2, 0) is 4.79 Å². The van der Waals surface area contributed by atoms with E-state index in [9.17, 15) is 4.79 Å². The summed E-state index contributed by atoms with van der Waals surface area (Å²) in [5.41, 5.74) is 1.22. The minimum atomic E-state index is -0.108. The maximum Gasteiger partial charge on any atom is 0.202 e. The zero-order chi connectivity index (χ0) is 13.3.